The number of fused-ring (bicyclic) bond motifs is 1. The molecule has 0 unspecified atom stereocenters. The van der Waals surface area contributed by atoms with Gasteiger partial charge in [0.05, 0.1) is 15.4 Å². The molecule has 1 heterocycles. The number of aryl methyl sites for hydroxylation is 1. The predicted octanol–water partition coefficient (Wildman–Crippen LogP) is 3.83. The lowest BCUT2D eigenvalue weighted by molar-refractivity contribution is -0.137. The number of nitrogens with zero attached hydrogens (tertiary/aromatic N) is 1. The molecule has 0 aliphatic carbocycles. The van der Waals surface area contributed by atoms with Gasteiger partial charge in [0.1, 0.15) is 11.4 Å². The van der Waals surface area contributed by atoms with Crippen LogP contribution in [0.3, 0.4) is 0 Å². The third kappa shape index (κ3) is 2.92. The molecule has 3 aromatic rings. The highest BCUT2D eigenvalue weighted by atomic mass is 35.5. The van der Waals surface area contributed by atoms with Crippen LogP contribution in [0.5, 0.6) is 0 Å². The van der Waals surface area contributed by atoms with Gasteiger partial charge in [-0.05, 0) is 38.1 Å². The normalized spacial score (nSPS) is 11.8. The number of carboxylic acids is 1. The van der Waals surface area contributed by atoms with Crippen molar-refractivity contribution in [1.82, 2.24) is 4.57 Å². The monoisotopic (exact) mass is 377 g/mol. The molecule has 0 amide bonds. The number of benzene rings is 2. The Balaban J connectivity index is 2.40. The smallest absolute Gasteiger partial charge is 0.323 e. The minimum absolute atomic E-state index is 0.00986. The Morgan fingerprint density at radius 3 is 2.48 bits per heavy atom. The molecule has 5 nitrogen and oxygen atoms in total. The molecule has 0 bridgehead atoms. The number of carbonyl (C=O) groups is 1. The molecule has 0 radical (unpaired) electrons. The molecular formula is C18H16ClNO4S. The number of aliphatic carboxylic acids is 1. The topological polar surface area (TPSA) is 76.4 Å². The molecule has 7 heteroatoms. The van der Waals surface area contributed by atoms with E-state index >= 15 is 0 Å². The van der Waals surface area contributed by atoms with Gasteiger partial charge in [0.25, 0.3) is 0 Å². The molecule has 1 N–H and O–H groups in total. The van der Waals surface area contributed by atoms with Crippen LogP contribution in [0.4, 0.5) is 0 Å². The fourth-order valence-electron chi connectivity index (χ4n) is 3.02. The molecule has 0 saturated heterocycles. The van der Waals surface area contributed by atoms with E-state index in [4.69, 9.17) is 11.6 Å². The van der Waals surface area contributed by atoms with Crippen molar-refractivity contribution in [2.75, 3.05) is 0 Å². The maximum absolute atomic E-state index is 13.3. The van der Waals surface area contributed by atoms with E-state index in [1.165, 1.54) is 16.7 Å². The fraction of sp³-hybridized carbons (Fsp3) is 0.167. The summed E-state index contributed by atoms with van der Waals surface area (Å²) in [6.45, 7) is 3.15. The molecule has 3 rings (SSSR count). The number of rotatable bonds is 4. The van der Waals surface area contributed by atoms with Crippen molar-refractivity contribution in [3.8, 4) is 0 Å². The molecule has 25 heavy (non-hydrogen) atoms. The zero-order valence-electron chi connectivity index (χ0n) is 13.7. The van der Waals surface area contributed by atoms with Crippen molar-refractivity contribution in [2.45, 2.75) is 30.2 Å². The molecular weight excluding hydrogens is 362 g/mol. The average Bonchev–Trinajstić information content (AvgIpc) is 2.79. The molecule has 2 aromatic carbocycles. The van der Waals surface area contributed by atoms with E-state index < -0.39 is 15.8 Å². The van der Waals surface area contributed by atoms with Gasteiger partial charge in [-0.1, -0.05) is 35.4 Å². The van der Waals surface area contributed by atoms with Crippen molar-refractivity contribution in [3.63, 3.8) is 0 Å². The molecule has 0 aliphatic heterocycles. The molecule has 0 aliphatic rings. The van der Waals surface area contributed by atoms with Crippen LogP contribution in [0.15, 0.2) is 52.3 Å². The summed E-state index contributed by atoms with van der Waals surface area (Å²) in [4.78, 5) is 11.3. The van der Waals surface area contributed by atoms with Gasteiger partial charge in [-0.2, -0.15) is 0 Å². The second kappa shape index (κ2) is 6.20. The standard InChI is InChI=1S/C18H16ClNO4S/c1-11-7-8-15-13(9-11)18(12(2)20(15)10-17(21)22)25(23,24)16-6-4-3-5-14(16)19/h3-9H,10H2,1-2H3,(H,21,22). The predicted molar refractivity (Wildman–Crippen MR) is 96.0 cm³/mol. The maximum atomic E-state index is 13.3. The van der Waals surface area contributed by atoms with Gasteiger partial charge in [0.15, 0.2) is 0 Å². The molecule has 1 aromatic heterocycles. The maximum Gasteiger partial charge on any atom is 0.323 e. The zero-order chi connectivity index (χ0) is 18.4. The Hall–Kier alpha value is -2.31. The number of aromatic nitrogens is 1. The van der Waals surface area contributed by atoms with Gasteiger partial charge in [0, 0.05) is 11.1 Å². The Bertz CT molecular complexity index is 1100. The van der Waals surface area contributed by atoms with Crippen molar-refractivity contribution in [3.05, 3.63) is 58.7 Å². The lowest BCUT2D eigenvalue weighted by Gasteiger charge is -2.08. The molecule has 0 spiro atoms. The first-order valence-corrected chi connectivity index (χ1v) is 9.40. The number of hydrogen-bond donors (Lipinski definition) is 1. The first-order chi connectivity index (χ1) is 11.7. The largest absolute Gasteiger partial charge is 0.480 e. The van der Waals surface area contributed by atoms with Crippen LogP contribution in [0.1, 0.15) is 11.3 Å². The number of hydrogen-bond acceptors (Lipinski definition) is 3. The van der Waals surface area contributed by atoms with E-state index in [-0.39, 0.29) is 21.4 Å². The van der Waals surface area contributed by atoms with Crippen molar-refractivity contribution in [1.29, 1.82) is 0 Å². The van der Waals surface area contributed by atoms with Gasteiger partial charge < -0.3 is 9.67 Å². The van der Waals surface area contributed by atoms with Gasteiger partial charge in [0.2, 0.25) is 9.84 Å². The van der Waals surface area contributed by atoms with Crippen LogP contribution in [-0.4, -0.2) is 24.1 Å². The number of halogens is 1. The number of carboxylic acid groups (broad SMARTS) is 1. The summed E-state index contributed by atoms with van der Waals surface area (Å²) >= 11 is 6.10. The molecule has 0 fully saturated rings. The summed E-state index contributed by atoms with van der Waals surface area (Å²) in [6, 6.07) is 11.6. The molecule has 130 valence electrons. The third-order valence-corrected chi connectivity index (χ3v) is 6.54. The highest BCUT2D eigenvalue weighted by Gasteiger charge is 2.29. The molecule has 0 atom stereocenters. The first-order valence-electron chi connectivity index (χ1n) is 7.54. The zero-order valence-corrected chi connectivity index (χ0v) is 15.2. The van der Waals surface area contributed by atoms with E-state index in [2.05, 4.69) is 0 Å². The Morgan fingerprint density at radius 2 is 1.84 bits per heavy atom. The third-order valence-electron chi connectivity index (χ3n) is 4.11. The Morgan fingerprint density at radius 1 is 1.16 bits per heavy atom. The van der Waals surface area contributed by atoms with Crippen molar-refractivity contribution < 1.29 is 18.3 Å². The minimum Gasteiger partial charge on any atom is -0.480 e. The summed E-state index contributed by atoms with van der Waals surface area (Å²) < 4.78 is 28.0. The van der Waals surface area contributed by atoms with Gasteiger partial charge in [-0.3, -0.25) is 4.79 Å². The summed E-state index contributed by atoms with van der Waals surface area (Å²) in [5.41, 5.74) is 1.83. The second-order valence-corrected chi connectivity index (χ2v) is 8.11. The van der Waals surface area contributed by atoms with Gasteiger partial charge >= 0.3 is 5.97 Å². The Labute approximate surface area is 150 Å². The van der Waals surface area contributed by atoms with Crippen LogP contribution in [0.25, 0.3) is 10.9 Å². The van der Waals surface area contributed by atoms with E-state index in [0.29, 0.717) is 16.6 Å². The lowest BCUT2D eigenvalue weighted by atomic mass is 10.2. The number of sulfone groups is 1. The summed E-state index contributed by atoms with van der Waals surface area (Å²) in [6.07, 6.45) is 0. The van der Waals surface area contributed by atoms with E-state index in [1.54, 1.807) is 31.2 Å². The Kier molecular flexibility index (Phi) is 4.34. The summed E-state index contributed by atoms with van der Waals surface area (Å²) in [5.74, 6) is -1.04. The van der Waals surface area contributed by atoms with Crippen LogP contribution < -0.4 is 0 Å². The molecule has 0 saturated carbocycles. The lowest BCUT2D eigenvalue weighted by Crippen LogP contribution is -2.11. The van der Waals surface area contributed by atoms with Crippen molar-refractivity contribution >= 4 is 38.3 Å². The summed E-state index contributed by atoms with van der Waals surface area (Å²) in [5, 5.41) is 9.82. The SMILES string of the molecule is Cc1ccc2c(c1)c(S(=O)(=O)c1ccccc1Cl)c(C)n2CC(=O)O. The highest BCUT2D eigenvalue weighted by molar-refractivity contribution is 7.92. The van der Waals surface area contributed by atoms with Crippen molar-refractivity contribution in [2.24, 2.45) is 0 Å². The van der Waals surface area contributed by atoms with Crippen LogP contribution in [0, 0.1) is 13.8 Å². The van der Waals surface area contributed by atoms with E-state index in [1.807, 2.05) is 13.0 Å². The summed E-state index contributed by atoms with van der Waals surface area (Å²) in [7, 11) is -3.90. The van der Waals surface area contributed by atoms with E-state index in [9.17, 15) is 18.3 Å². The van der Waals surface area contributed by atoms with E-state index in [0.717, 1.165) is 5.56 Å². The average molecular weight is 378 g/mol. The van der Waals surface area contributed by atoms with Crippen LogP contribution in [-0.2, 0) is 21.2 Å². The second-order valence-electron chi connectivity index (χ2n) is 5.85. The van der Waals surface area contributed by atoms with Gasteiger partial charge in [-0.15, -0.1) is 0 Å². The van der Waals surface area contributed by atoms with Crippen LogP contribution in [0.2, 0.25) is 5.02 Å². The highest BCUT2D eigenvalue weighted by Crippen LogP contribution is 2.36. The van der Waals surface area contributed by atoms with Crippen LogP contribution >= 0.6 is 11.6 Å². The van der Waals surface area contributed by atoms with Gasteiger partial charge in [-0.25, -0.2) is 8.42 Å². The minimum atomic E-state index is -3.90. The fourth-order valence-corrected chi connectivity index (χ4v) is 5.21. The first kappa shape index (κ1) is 17.5. The quantitative estimate of drug-likeness (QED) is 0.749.